The van der Waals surface area contributed by atoms with Crippen LogP contribution in [0.5, 0.6) is 11.5 Å². The van der Waals surface area contributed by atoms with Gasteiger partial charge in [-0.25, -0.2) is 10.2 Å². The lowest BCUT2D eigenvalue weighted by molar-refractivity contribution is -0.120. The van der Waals surface area contributed by atoms with E-state index in [1.54, 1.807) is 36.5 Å². The van der Waals surface area contributed by atoms with Crippen LogP contribution in [0, 0.1) is 0 Å². The average Bonchev–Trinajstić information content (AvgIpc) is 3.22. The van der Waals surface area contributed by atoms with Gasteiger partial charge >= 0.3 is 5.97 Å². The summed E-state index contributed by atoms with van der Waals surface area (Å²) in [4.78, 5) is 28.8. The van der Waals surface area contributed by atoms with Crippen LogP contribution in [0.1, 0.15) is 20.8 Å². The molecule has 142 valence electrons. The fourth-order valence-corrected chi connectivity index (χ4v) is 2.98. The molecule has 28 heavy (non-hydrogen) atoms. The smallest absolute Gasteiger partial charge is 0.345 e. The number of pyridine rings is 1. The highest BCUT2D eigenvalue weighted by molar-refractivity contribution is 7.10. The topological polar surface area (TPSA) is 89.9 Å². The monoisotopic (exact) mass is 395 g/mol. The molecule has 0 aliphatic heterocycles. The Bertz CT molecular complexity index is 972. The van der Waals surface area contributed by atoms with Crippen molar-refractivity contribution >= 4 is 29.4 Å². The third-order valence-corrected chi connectivity index (χ3v) is 4.48. The van der Waals surface area contributed by atoms with Gasteiger partial charge < -0.3 is 9.47 Å². The molecule has 0 radical (unpaired) electrons. The molecule has 0 bridgehead atoms. The Morgan fingerprint density at radius 3 is 2.82 bits per heavy atom. The molecule has 1 amide bonds. The van der Waals surface area contributed by atoms with Crippen LogP contribution in [0.25, 0.3) is 0 Å². The Labute approximate surface area is 165 Å². The van der Waals surface area contributed by atoms with E-state index in [-0.39, 0.29) is 18.1 Å². The van der Waals surface area contributed by atoms with Gasteiger partial charge in [0.2, 0.25) is 5.91 Å². The fraction of sp³-hybridized carbons (Fsp3) is 0.100. The number of carbonyl (C=O) groups excluding carboxylic acids is 2. The second-order valence-corrected chi connectivity index (χ2v) is 6.62. The summed E-state index contributed by atoms with van der Waals surface area (Å²) in [7, 11) is 1.47. The number of ether oxygens (including phenoxy) is 2. The van der Waals surface area contributed by atoms with Crippen molar-refractivity contribution in [2.24, 2.45) is 5.10 Å². The van der Waals surface area contributed by atoms with Crippen molar-refractivity contribution in [3.8, 4) is 11.5 Å². The van der Waals surface area contributed by atoms with E-state index in [2.05, 4.69) is 15.5 Å². The predicted octanol–water partition coefficient (Wildman–Crippen LogP) is 3.06. The summed E-state index contributed by atoms with van der Waals surface area (Å²) in [6, 6.07) is 12.0. The molecule has 2 aromatic heterocycles. The minimum absolute atomic E-state index is 0.201. The number of thiophene rings is 1. The summed E-state index contributed by atoms with van der Waals surface area (Å²) in [5.41, 5.74) is 3.49. The van der Waals surface area contributed by atoms with E-state index < -0.39 is 5.97 Å². The first-order valence-corrected chi connectivity index (χ1v) is 9.18. The highest BCUT2D eigenvalue weighted by Gasteiger charge is 2.12. The number of nitrogens with one attached hydrogen (secondary N) is 1. The molecule has 0 spiro atoms. The Morgan fingerprint density at radius 2 is 2.11 bits per heavy atom. The lowest BCUT2D eigenvalue weighted by Crippen LogP contribution is -2.19. The predicted molar refractivity (Wildman–Crippen MR) is 106 cm³/mol. The standard InChI is InChI=1S/C20H17N3O4S/c1-26-18-10-14(12-22-23-19(24)11-16-5-3-9-28-16)6-7-17(18)27-20(25)15-4-2-8-21-13-15/h2-10,12-13H,11H2,1H3,(H,23,24). The first-order valence-electron chi connectivity index (χ1n) is 8.30. The first-order chi connectivity index (χ1) is 13.7. The largest absolute Gasteiger partial charge is 0.493 e. The van der Waals surface area contributed by atoms with E-state index in [4.69, 9.17) is 9.47 Å². The van der Waals surface area contributed by atoms with E-state index >= 15 is 0 Å². The van der Waals surface area contributed by atoms with Crippen LogP contribution in [0.4, 0.5) is 0 Å². The van der Waals surface area contributed by atoms with Gasteiger partial charge in [-0.2, -0.15) is 5.10 Å². The fourth-order valence-electron chi connectivity index (χ4n) is 2.28. The van der Waals surface area contributed by atoms with Crippen molar-refractivity contribution in [3.05, 3.63) is 76.2 Å². The molecule has 0 saturated carbocycles. The zero-order valence-corrected chi connectivity index (χ0v) is 15.8. The van der Waals surface area contributed by atoms with Gasteiger partial charge in [0.25, 0.3) is 0 Å². The Hall–Kier alpha value is -3.52. The van der Waals surface area contributed by atoms with Crippen LogP contribution in [-0.4, -0.2) is 30.2 Å². The minimum atomic E-state index is -0.534. The maximum Gasteiger partial charge on any atom is 0.345 e. The van der Waals surface area contributed by atoms with Crippen molar-refractivity contribution in [2.75, 3.05) is 7.11 Å². The number of hydrazone groups is 1. The minimum Gasteiger partial charge on any atom is -0.493 e. The molecule has 1 aromatic carbocycles. The summed E-state index contributed by atoms with van der Waals surface area (Å²) in [5, 5.41) is 5.86. The van der Waals surface area contributed by atoms with Crippen LogP contribution >= 0.6 is 11.3 Å². The normalized spacial score (nSPS) is 10.6. The number of esters is 1. The van der Waals surface area contributed by atoms with Crippen molar-refractivity contribution in [1.82, 2.24) is 10.4 Å². The van der Waals surface area contributed by atoms with Gasteiger partial charge in [-0.05, 0) is 47.3 Å². The lowest BCUT2D eigenvalue weighted by Gasteiger charge is -2.09. The van der Waals surface area contributed by atoms with Crippen molar-refractivity contribution in [2.45, 2.75) is 6.42 Å². The number of nitrogens with zero attached hydrogens (tertiary/aromatic N) is 2. The summed E-state index contributed by atoms with van der Waals surface area (Å²) in [6.45, 7) is 0. The third-order valence-electron chi connectivity index (χ3n) is 3.61. The summed E-state index contributed by atoms with van der Waals surface area (Å²) in [5.74, 6) is -0.0947. The summed E-state index contributed by atoms with van der Waals surface area (Å²) in [6.07, 6.45) is 4.77. The zero-order chi connectivity index (χ0) is 19.8. The van der Waals surface area contributed by atoms with Crippen LogP contribution < -0.4 is 14.9 Å². The van der Waals surface area contributed by atoms with Gasteiger partial charge in [-0.15, -0.1) is 11.3 Å². The number of hydrogen-bond acceptors (Lipinski definition) is 7. The molecule has 0 aliphatic rings. The number of aromatic nitrogens is 1. The Morgan fingerprint density at radius 1 is 1.21 bits per heavy atom. The highest BCUT2D eigenvalue weighted by Crippen LogP contribution is 2.28. The molecular formula is C20H17N3O4S. The van der Waals surface area contributed by atoms with Crippen molar-refractivity contribution in [1.29, 1.82) is 0 Å². The molecule has 7 nitrogen and oxygen atoms in total. The van der Waals surface area contributed by atoms with E-state index in [0.29, 0.717) is 16.9 Å². The second-order valence-electron chi connectivity index (χ2n) is 5.59. The molecule has 3 aromatic rings. The van der Waals surface area contributed by atoms with Crippen molar-refractivity contribution in [3.63, 3.8) is 0 Å². The molecule has 8 heteroatoms. The maximum atomic E-state index is 12.2. The molecule has 0 fully saturated rings. The van der Waals surface area contributed by atoms with Gasteiger partial charge in [-0.1, -0.05) is 6.07 Å². The molecule has 2 heterocycles. The molecule has 1 N–H and O–H groups in total. The molecule has 3 rings (SSSR count). The average molecular weight is 395 g/mol. The number of hydrogen-bond donors (Lipinski definition) is 1. The highest BCUT2D eigenvalue weighted by atomic mass is 32.1. The molecule has 0 aliphatic carbocycles. The second kappa shape index (κ2) is 9.43. The maximum absolute atomic E-state index is 12.2. The molecule has 0 unspecified atom stereocenters. The zero-order valence-electron chi connectivity index (χ0n) is 15.0. The Balaban J connectivity index is 1.62. The van der Waals surface area contributed by atoms with Crippen LogP contribution in [-0.2, 0) is 11.2 Å². The summed E-state index contributed by atoms with van der Waals surface area (Å²) >= 11 is 1.52. The third kappa shape index (κ3) is 5.24. The van der Waals surface area contributed by atoms with E-state index in [1.165, 1.54) is 30.9 Å². The quantitative estimate of drug-likeness (QED) is 0.287. The Kier molecular flexibility index (Phi) is 6.48. The summed E-state index contributed by atoms with van der Waals surface area (Å²) < 4.78 is 10.6. The van der Waals surface area contributed by atoms with Gasteiger partial charge in [0, 0.05) is 17.3 Å². The first kappa shape index (κ1) is 19.2. The van der Waals surface area contributed by atoms with Gasteiger partial charge in [-0.3, -0.25) is 9.78 Å². The number of benzene rings is 1. The number of rotatable bonds is 7. The lowest BCUT2D eigenvalue weighted by atomic mass is 10.2. The number of carbonyl (C=O) groups is 2. The SMILES string of the molecule is COc1cc(C=NNC(=O)Cc2cccs2)ccc1OC(=O)c1cccnc1. The van der Waals surface area contributed by atoms with Gasteiger partial charge in [0.05, 0.1) is 25.3 Å². The van der Waals surface area contributed by atoms with Crippen LogP contribution in [0.2, 0.25) is 0 Å². The van der Waals surface area contributed by atoms with Crippen LogP contribution in [0.15, 0.2) is 65.3 Å². The van der Waals surface area contributed by atoms with Crippen LogP contribution in [0.3, 0.4) is 0 Å². The molecule has 0 saturated heterocycles. The molecule has 0 atom stereocenters. The van der Waals surface area contributed by atoms with Gasteiger partial charge in [0.1, 0.15) is 0 Å². The number of methoxy groups -OCH3 is 1. The van der Waals surface area contributed by atoms with Gasteiger partial charge in [0.15, 0.2) is 11.5 Å². The van der Waals surface area contributed by atoms with E-state index in [0.717, 1.165) is 4.88 Å². The van der Waals surface area contributed by atoms with Crippen molar-refractivity contribution < 1.29 is 19.1 Å². The van der Waals surface area contributed by atoms with E-state index in [1.807, 2.05) is 17.5 Å². The number of amides is 1. The molecular weight excluding hydrogens is 378 g/mol. The van der Waals surface area contributed by atoms with E-state index in [9.17, 15) is 9.59 Å².